The summed E-state index contributed by atoms with van der Waals surface area (Å²) in [5.41, 5.74) is 0.525. The zero-order valence-electron chi connectivity index (χ0n) is 9.39. The SMILES string of the molecule is CCOC(=O)C(C)Nc1c(Cl)cc(Br)cc1Cl. The van der Waals surface area contributed by atoms with Crippen LogP contribution in [0.2, 0.25) is 10.0 Å². The minimum Gasteiger partial charge on any atom is -0.464 e. The van der Waals surface area contributed by atoms with Crippen molar-refractivity contribution >= 4 is 50.8 Å². The molecule has 0 radical (unpaired) electrons. The zero-order valence-corrected chi connectivity index (χ0v) is 12.5. The van der Waals surface area contributed by atoms with Crippen molar-refractivity contribution in [2.45, 2.75) is 19.9 Å². The Morgan fingerprint density at radius 2 is 2.00 bits per heavy atom. The fourth-order valence-corrected chi connectivity index (χ4v) is 2.54. The van der Waals surface area contributed by atoms with E-state index in [9.17, 15) is 4.79 Å². The first kappa shape index (κ1) is 14.6. The van der Waals surface area contributed by atoms with Gasteiger partial charge in [-0.1, -0.05) is 39.1 Å². The average Bonchev–Trinajstić information content (AvgIpc) is 2.23. The van der Waals surface area contributed by atoms with Crippen LogP contribution in [0.5, 0.6) is 0 Å². The second-order valence-corrected chi connectivity index (χ2v) is 5.09. The number of hydrogen-bond acceptors (Lipinski definition) is 3. The predicted molar refractivity (Wildman–Crippen MR) is 73.9 cm³/mol. The van der Waals surface area contributed by atoms with Gasteiger partial charge in [0, 0.05) is 4.47 Å². The molecule has 1 aromatic rings. The van der Waals surface area contributed by atoms with Crippen LogP contribution >= 0.6 is 39.1 Å². The Morgan fingerprint density at radius 1 is 1.47 bits per heavy atom. The molecule has 1 aromatic carbocycles. The molecule has 0 bridgehead atoms. The third kappa shape index (κ3) is 4.05. The fraction of sp³-hybridized carbons (Fsp3) is 0.364. The summed E-state index contributed by atoms with van der Waals surface area (Å²) in [6.07, 6.45) is 0. The summed E-state index contributed by atoms with van der Waals surface area (Å²) in [7, 11) is 0. The smallest absolute Gasteiger partial charge is 0.328 e. The van der Waals surface area contributed by atoms with Crippen LogP contribution in [0.3, 0.4) is 0 Å². The minimum atomic E-state index is -0.508. The molecule has 0 aromatic heterocycles. The molecule has 0 heterocycles. The Morgan fingerprint density at radius 3 is 2.47 bits per heavy atom. The van der Waals surface area contributed by atoms with E-state index < -0.39 is 6.04 Å². The van der Waals surface area contributed by atoms with E-state index in [2.05, 4.69) is 21.2 Å². The Balaban J connectivity index is 2.85. The molecule has 0 saturated heterocycles. The molecule has 0 spiro atoms. The van der Waals surface area contributed by atoms with E-state index in [-0.39, 0.29) is 5.97 Å². The van der Waals surface area contributed by atoms with Gasteiger partial charge in [0.15, 0.2) is 0 Å². The first-order valence-electron chi connectivity index (χ1n) is 5.03. The molecule has 1 atom stereocenters. The molecular formula is C11H12BrCl2NO2. The van der Waals surface area contributed by atoms with Crippen molar-refractivity contribution in [2.75, 3.05) is 11.9 Å². The molecular weight excluding hydrogens is 329 g/mol. The van der Waals surface area contributed by atoms with Gasteiger partial charge in [0.1, 0.15) is 6.04 Å². The number of carbonyl (C=O) groups is 1. The van der Waals surface area contributed by atoms with Crippen LogP contribution in [0, 0.1) is 0 Å². The number of anilines is 1. The maximum absolute atomic E-state index is 11.5. The lowest BCUT2D eigenvalue weighted by Crippen LogP contribution is -2.28. The number of hydrogen-bond donors (Lipinski definition) is 1. The number of rotatable bonds is 4. The normalized spacial score (nSPS) is 12.1. The van der Waals surface area contributed by atoms with Crippen molar-refractivity contribution in [1.29, 1.82) is 0 Å². The summed E-state index contributed by atoms with van der Waals surface area (Å²) in [6, 6.07) is 2.90. The lowest BCUT2D eigenvalue weighted by atomic mass is 10.2. The fourth-order valence-electron chi connectivity index (χ4n) is 1.22. The Bertz CT molecular complexity index is 403. The summed E-state index contributed by atoms with van der Waals surface area (Å²) >= 11 is 15.3. The lowest BCUT2D eigenvalue weighted by molar-refractivity contribution is -0.143. The molecule has 0 aliphatic heterocycles. The van der Waals surface area contributed by atoms with Gasteiger partial charge in [-0.05, 0) is 26.0 Å². The minimum absolute atomic E-state index is 0.340. The van der Waals surface area contributed by atoms with Crippen molar-refractivity contribution < 1.29 is 9.53 Å². The van der Waals surface area contributed by atoms with Gasteiger partial charge in [0.25, 0.3) is 0 Å². The number of carbonyl (C=O) groups excluding carboxylic acids is 1. The van der Waals surface area contributed by atoms with Crippen molar-refractivity contribution in [3.05, 3.63) is 26.7 Å². The predicted octanol–water partition coefficient (Wildman–Crippen LogP) is 4.12. The molecule has 0 saturated carbocycles. The Labute approximate surface area is 119 Å². The second kappa shape index (κ2) is 6.47. The van der Waals surface area contributed by atoms with Gasteiger partial charge >= 0.3 is 5.97 Å². The third-order valence-corrected chi connectivity index (χ3v) is 3.06. The average molecular weight is 341 g/mol. The first-order chi connectivity index (χ1) is 7.95. The third-order valence-electron chi connectivity index (χ3n) is 2.01. The van der Waals surface area contributed by atoms with Crippen LogP contribution < -0.4 is 5.32 Å². The van der Waals surface area contributed by atoms with Gasteiger partial charge < -0.3 is 10.1 Å². The van der Waals surface area contributed by atoms with Crippen LogP contribution in [-0.2, 0) is 9.53 Å². The van der Waals surface area contributed by atoms with E-state index in [0.717, 1.165) is 4.47 Å². The summed E-state index contributed by atoms with van der Waals surface area (Å²) in [4.78, 5) is 11.5. The number of ether oxygens (including phenoxy) is 1. The highest BCUT2D eigenvalue weighted by Gasteiger charge is 2.17. The van der Waals surface area contributed by atoms with E-state index in [1.54, 1.807) is 26.0 Å². The quantitative estimate of drug-likeness (QED) is 0.838. The number of esters is 1. The van der Waals surface area contributed by atoms with Crippen molar-refractivity contribution in [3.8, 4) is 0 Å². The monoisotopic (exact) mass is 339 g/mol. The highest BCUT2D eigenvalue weighted by atomic mass is 79.9. The molecule has 17 heavy (non-hydrogen) atoms. The van der Waals surface area contributed by atoms with Gasteiger partial charge in [-0.25, -0.2) is 4.79 Å². The first-order valence-corrected chi connectivity index (χ1v) is 6.58. The second-order valence-electron chi connectivity index (χ2n) is 3.36. The highest BCUT2D eigenvalue weighted by Crippen LogP contribution is 2.34. The van der Waals surface area contributed by atoms with E-state index in [1.807, 2.05) is 0 Å². The van der Waals surface area contributed by atoms with E-state index >= 15 is 0 Å². The summed E-state index contributed by atoms with van der Waals surface area (Å²) in [5.74, 6) is -0.345. The molecule has 94 valence electrons. The van der Waals surface area contributed by atoms with E-state index in [4.69, 9.17) is 27.9 Å². The van der Waals surface area contributed by atoms with Crippen molar-refractivity contribution in [2.24, 2.45) is 0 Å². The highest BCUT2D eigenvalue weighted by molar-refractivity contribution is 9.10. The Hall–Kier alpha value is -0.450. The van der Waals surface area contributed by atoms with Crippen LogP contribution in [0.1, 0.15) is 13.8 Å². The van der Waals surface area contributed by atoms with Gasteiger partial charge in [-0.2, -0.15) is 0 Å². The standard InChI is InChI=1S/C11H12BrCl2NO2/c1-3-17-11(16)6(2)15-10-8(13)4-7(12)5-9(10)14/h4-6,15H,3H2,1-2H3. The molecule has 1 rings (SSSR count). The van der Waals surface area contributed by atoms with Gasteiger partial charge in [-0.15, -0.1) is 0 Å². The molecule has 1 unspecified atom stereocenters. The number of benzene rings is 1. The largest absolute Gasteiger partial charge is 0.464 e. The summed E-state index contributed by atoms with van der Waals surface area (Å²) in [6.45, 7) is 3.78. The Kier molecular flexibility index (Phi) is 5.56. The van der Waals surface area contributed by atoms with Crippen LogP contribution in [0.4, 0.5) is 5.69 Å². The molecule has 0 amide bonds. The van der Waals surface area contributed by atoms with E-state index in [0.29, 0.717) is 22.3 Å². The van der Waals surface area contributed by atoms with Gasteiger partial charge in [0.05, 0.1) is 22.3 Å². The molecule has 1 N–H and O–H groups in total. The zero-order chi connectivity index (χ0) is 13.0. The number of nitrogens with one attached hydrogen (secondary N) is 1. The lowest BCUT2D eigenvalue weighted by Gasteiger charge is -2.16. The summed E-state index contributed by atoms with van der Waals surface area (Å²) < 4.78 is 5.66. The van der Waals surface area contributed by atoms with Gasteiger partial charge in [-0.3, -0.25) is 0 Å². The maximum atomic E-state index is 11.5. The molecule has 0 fully saturated rings. The number of halogens is 3. The van der Waals surface area contributed by atoms with Crippen molar-refractivity contribution in [1.82, 2.24) is 0 Å². The molecule has 6 heteroatoms. The van der Waals surface area contributed by atoms with Crippen molar-refractivity contribution in [3.63, 3.8) is 0 Å². The van der Waals surface area contributed by atoms with E-state index in [1.165, 1.54) is 0 Å². The van der Waals surface area contributed by atoms with Gasteiger partial charge in [0.2, 0.25) is 0 Å². The van der Waals surface area contributed by atoms with Crippen LogP contribution in [0.15, 0.2) is 16.6 Å². The molecule has 3 nitrogen and oxygen atoms in total. The maximum Gasteiger partial charge on any atom is 0.328 e. The topological polar surface area (TPSA) is 38.3 Å². The molecule has 0 aliphatic rings. The summed E-state index contributed by atoms with van der Waals surface area (Å²) in [5, 5.41) is 3.82. The van der Waals surface area contributed by atoms with Crippen LogP contribution in [-0.4, -0.2) is 18.6 Å². The molecule has 0 aliphatic carbocycles. The van der Waals surface area contributed by atoms with Crippen LogP contribution in [0.25, 0.3) is 0 Å².